The van der Waals surface area contributed by atoms with Gasteiger partial charge in [0.05, 0.1) is 12.2 Å². The number of aliphatic hydroxyl groups excluding tert-OH is 1. The van der Waals surface area contributed by atoms with Gasteiger partial charge in [-0.15, -0.1) is 0 Å². The van der Waals surface area contributed by atoms with Gasteiger partial charge in [0.25, 0.3) is 5.56 Å². The molecule has 2 aliphatic rings. The van der Waals surface area contributed by atoms with E-state index in [-0.39, 0.29) is 35.6 Å². The molecule has 2 bridgehead atoms. The highest BCUT2D eigenvalue weighted by atomic mass is 16.5. The lowest BCUT2D eigenvalue weighted by Crippen LogP contribution is -2.28. The number of hydrogen-bond acceptors (Lipinski definition) is 6. The van der Waals surface area contributed by atoms with E-state index < -0.39 is 11.7 Å². The molecule has 0 radical (unpaired) electrons. The Hall–Kier alpha value is -2.26. The average Bonchev–Trinajstić information content (AvgIpc) is 2.99. The molecule has 0 saturated carbocycles. The molecule has 4 rings (SSSR count). The number of carbonyl (C=O) groups is 1. The van der Waals surface area contributed by atoms with Crippen LogP contribution < -0.4 is 10.9 Å². The first kappa shape index (κ1) is 14.3. The second-order valence-electron chi connectivity index (χ2n) is 6.27. The molecule has 4 heterocycles. The summed E-state index contributed by atoms with van der Waals surface area (Å²) >= 11 is 0. The quantitative estimate of drug-likeness (QED) is 0.665. The Bertz CT molecular complexity index is 853. The smallest absolute Gasteiger partial charge is 0.280 e. The van der Waals surface area contributed by atoms with Crippen LogP contribution >= 0.6 is 0 Å². The minimum Gasteiger partial charge on any atom is -0.390 e. The van der Waals surface area contributed by atoms with Crippen molar-refractivity contribution >= 4 is 23.0 Å². The summed E-state index contributed by atoms with van der Waals surface area (Å²) in [5, 5.41) is 12.5. The van der Waals surface area contributed by atoms with Gasteiger partial charge in [0.15, 0.2) is 11.2 Å². The second kappa shape index (κ2) is 4.87. The molecule has 0 aliphatic carbocycles. The summed E-state index contributed by atoms with van der Waals surface area (Å²) in [6.07, 6.45) is -0.346. The summed E-state index contributed by atoms with van der Waals surface area (Å²) in [7, 11) is 0. The van der Waals surface area contributed by atoms with Crippen LogP contribution in [0.4, 0.5) is 5.95 Å². The summed E-state index contributed by atoms with van der Waals surface area (Å²) < 4.78 is 7.47. The van der Waals surface area contributed by atoms with E-state index in [4.69, 9.17) is 4.74 Å². The van der Waals surface area contributed by atoms with E-state index in [0.717, 1.165) is 0 Å². The van der Waals surface area contributed by atoms with Crippen molar-refractivity contribution in [2.75, 3.05) is 5.32 Å². The van der Waals surface area contributed by atoms with Crippen LogP contribution in [0.15, 0.2) is 4.79 Å². The normalized spacial score (nSPS) is 25.8. The van der Waals surface area contributed by atoms with Gasteiger partial charge in [0, 0.05) is 18.8 Å². The lowest BCUT2D eigenvalue weighted by atomic mass is 10.1. The molecule has 0 unspecified atom stereocenters. The van der Waals surface area contributed by atoms with Crippen LogP contribution in [0.3, 0.4) is 0 Å². The molecule has 2 aromatic heterocycles. The Labute approximate surface area is 130 Å². The number of amides is 1. The third kappa shape index (κ3) is 2.15. The number of anilines is 1. The van der Waals surface area contributed by atoms with E-state index in [1.807, 2.05) is 0 Å². The highest BCUT2D eigenvalue weighted by Crippen LogP contribution is 2.37. The molecule has 3 atom stereocenters. The molecule has 1 amide bonds. The maximum atomic E-state index is 12.2. The minimum absolute atomic E-state index is 0.0876. The first-order valence-corrected chi connectivity index (χ1v) is 7.59. The fraction of sp³-hybridized carbons (Fsp3) is 0.571. The van der Waals surface area contributed by atoms with E-state index >= 15 is 0 Å². The summed E-state index contributed by atoms with van der Waals surface area (Å²) in [6.45, 7) is 3.50. The van der Waals surface area contributed by atoms with Crippen molar-refractivity contribution in [3.63, 3.8) is 0 Å². The summed E-state index contributed by atoms with van der Waals surface area (Å²) in [5.74, 6) is 0.288. The molecule has 122 valence electrons. The Morgan fingerprint density at radius 2 is 2.26 bits per heavy atom. The van der Waals surface area contributed by atoms with Gasteiger partial charge >= 0.3 is 0 Å². The Balaban J connectivity index is 1.82. The predicted molar refractivity (Wildman–Crippen MR) is 79.9 cm³/mol. The highest BCUT2D eigenvalue weighted by molar-refractivity contribution is 5.91. The SMILES string of the molecule is CC(C)C(=O)[15NH]c1[15n]c2c(nc3n2[C@H]2C[C@H](O)[C@H](C3)O2)c(=O)[15nH]1. The first-order valence-electron chi connectivity index (χ1n) is 7.59. The van der Waals surface area contributed by atoms with Crippen LogP contribution in [0.2, 0.25) is 0 Å². The van der Waals surface area contributed by atoms with Crippen molar-refractivity contribution in [3.8, 4) is 0 Å². The van der Waals surface area contributed by atoms with Crippen LogP contribution in [0.5, 0.6) is 0 Å². The molecular weight excluding hydrogens is 305 g/mol. The number of carbonyl (C=O) groups excluding carboxylic acids is 1. The molecule has 2 aliphatic heterocycles. The van der Waals surface area contributed by atoms with E-state index in [9.17, 15) is 14.7 Å². The first-order chi connectivity index (χ1) is 10.9. The number of imidazole rings is 1. The van der Waals surface area contributed by atoms with Crippen LogP contribution in [-0.4, -0.2) is 42.7 Å². The van der Waals surface area contributed by atoms with Gasteiger partial charge < -0.3 is 9.84 Å². The van der Waals surface area contributed by atoms with Crippen molar-refractivity contribution in [1.29, 1.82) is 0 Å². The lowest BCUT2D eigenvalue weighted by Gasteiger charge is -2.22. The van der Waals surface area contributed by atoms with Gasteiger partial charge in [-0.05, 0) is 0 Å². The van der Waals surface area contributed by atoms with Crippen molar-refractivity contribution in [3.05, 3.63) is 16.2 Å². The van der Waals surface area contributed by atoms with Gasteiger partial charge in [-0.3, -0.25) is 24.5 Å². The van der Waals surface area contributed by atoms with Crippen molar-refractivity contribution < 1.29 is 14.6 Å². The topological polar surface area (TPSA) is 122 Å². The van der Waals surface area contributed by atoms with Crippen LogP contribution in [0.1, 0.15) is 32.3 Å². The van der Waals surface area contributed by atoms with Gasteiger partial charge in [0.2, 0.25) is 11.9 Å². The van der Waals surface area contributed by atoms with E-state index in [0.29, 0.717) is 24.3 Å². The molecule has 3 N–H and O–H groups in total. The van der Waals surface area contributed by atoms with Gasteiger partial charge in [0.1, 0.15) is 12.1 Å². The number of aromatic nitrogens is 4. The lowest BCUT2D eigenvalue weighted by molar-refractivity contribution is -0.118. The summed E-state index contributed by atoms with van der Waals surface area (Å²) in [5.41, 5.74) is 0.168. The molecule has 2 aromatic rings. The molecule has 9 heteroatoms. The van der Waals surface area contributed by atoms with Crippen LogP contribution in [-0.2, 0) is 16.0 Å². The molecule has 1 saturated heterocycles. The average molecular weight is 322 g/mol. The van der Waals surface area contributed by atoms with E-state index in [2.05, 4.69) is 20.3 Å². The second-order valence-corrected chi connectivity index (χ2v) is 6.27. The zero-order chi connectivity index (χ0) is 16.3. The summed E-state index contributed by atoms with van der Waals surface area (Å²) in [6, 6.07) is 0. The fourth-order valence-corrected chi connectivity index (χ4v) is 3.03. The zero-order valence-electron chi connectivity index (χ0n) is 12.7. The molecular formula is C14H17N5O4. The zero-order valence-corrected chi connectivity index (χ0v) is 12.7. The van der Waals surface area contributed by atoms with E-state index in [1.165, 1.54) is 0 Å². The van der Waals surface area contributed by atoms with Crippen molar-refractivity contribution in [1.82, 2.24) is 19.5 Å². The molecule has 0 aromatic carbocycles. The maximum absolute atomic E-state index is 12.2. The van der Waals surface area contributed by atoms with Crippen molar-refractivity contribution in [2.24, 2.45) is 5.92 Å². The van der Waals surface area contributed by atoms with Crippen LogP contribution in [0, 0.1) is 5.92 Å². The van der Waals surface area contributed by atoms with Gasteiger partial charge in [-0.2, -0.15) is 4.98 Å². The number of aliphatic hydroxyl groups is 1. The Morgan fingerprint density at radius 1 is 1.48 bits per heavy atom. The van der Waals surface area contributed by atoms with Gasteiger partial charge in [-0.25, -0.2) is 4.98 Å². The maximum Gasteiger partial charge on any atom is 0.280 e. The van der Waals surface area contributed by atoms with Crippen molar-refractivity contribution in [2.45, 2.75) is 45.1 Å². The predicted octanol–water partition coefficient (Wildman–Crippen LogP) is -0.0814. The molecule has 1 fully saturated rings. The summed E-state index contributed by atoms with van der Waals surface area (Å²) in [4.78, 5) is 35.2. The number of fused-ring (bicyclic) bond motifs is 6. The third-order valence-electron chi connectivity index (χ3n) is 4.27. The molecule has 9 nitrogen and oxygen atoms in total. The molecule has 23 heavy (non-hydrogen) atoms. The Kier molecular flexibility index (Phi) is 3.03. The van der Waals surface area contributed by atoms with E-state index in [1.54, 1.807) is 18.4 Å². The number of aromatic amines is 1. The third-order valence-corrected chi connectivity index (χ3v) is 4.27. The standard InChI is InChI=1S/C14H17N5O4/c1-5(2)12(21)17-14-16-11-10(13(22)18-14)15-8-4-7-6(20)3-9(23-7)19(8)11/h5-7,9,20H,3-4H2,1-2H3,(H2,16,17,18,21,22)/t6-,7-,9+/m0/s1/i16+1,17+1,18+1. The number of H-pyrrole nitrogens is 1. The number of nitrogens with zero attached hydrogens (tertiary/aromatic N) is 3. The highest BCUT2D eigenvalue weighted by Gasteiger charge is 2.42. The minimum atomic E-state index is -0.543. The van der Waals surface area contributed by atoms with Gasteiger partial charge in [-0.1, -0.05) is 13.8 Å². The largest absolute Gasteiger partial charge is 0.390 e. The monoisotopic (exact) mass is 322 g/mol. The molecule has 0 spiro atoms. The number of hydrogen-bond donors (Lipinski definition) is 3. The fourth-order valence-electron chi connectivity index (χ4n) is 3.03. The number of nitrogens with one attached hydrogen (secondary N) is 2. The number of rotatable bonds is 2. The van der Waals surface area contributed by atoms with Crippen LogP contribution in [0.25, 0.3) is 11.2 Å². The number of ether oxygens (including phenoxy) is 1. The Morgan fingerprint density at radius 3 is 3.00 bits per heavy atom.